The van der Waals surface area contributed by atoms with Gasteiger partial charge in [0.05, 0.1) is 24.2 Å². The number of carbonyl (C=O) groups excluding carboxylic acids is 1. The number of rotatable bonds is 8. The van der Waals surface area contributed by atoms with Crippen molar-refractivity contribution < 1.29 is 62.9 Å². The maximum Gasteiger partial charge on any atom is 0.460 e. The third-order valence-electron chi connectivity index (χ3n) is 4.17. The van der Waals surface area contributed by atoms with Gasteiger partial charge in [-0.1, -0.05) is 12.1 Å². The topological polar surface area (TPSA) is 46.5 Å². The second kappa shape index (κ2) is 8.10. The zero-order chi connectivity index (χ0) is 24.7. The Morgan fingerprint density at radius 1 is 0.903 bits per heavy atom. The van der Waals surface area contributed by atoms with Crippen molar-refractivity contribution in [3.8, 4) is 0 Å². The van der Waals surface area contributed by atoms with Crippen molar-refractivity contribution in [2.24, 2.45) is 0 Å². The summed E-state index contributed by atoms with van der Waals surface area (Å²) in [7, 11) is 0. The molecule has 0 aliphatic rings. The molecule has 0 amide bonds. The van der Waals surface area contributed by atoms with Crippen LogP contribution in [-0.4, -0.2) is 47.5 Å². The maximum absolute atomic E-state index is 14.0. The zero-order valence-corrected chi connectivity index (χ0v) is 15.6. The average Bonchev–Trinajstić information content (AvgIpc) is 2.59. The smallest absolute Gasteiger partial charge is 0.460 e. The Bertz CT molecular complexity index is 801. The average molecular weight is 476 g/mol. The molecule has 0 radical (unpaired) electrons. The summed E-state index contributed by atoms with van der Waals surface area (Å²) in [6.07, 6.45) is -9.96. The number of benzene rings is 1. The van der Waals surface area contributed by atoms with Crippen LogP contribution < -0.4 is 0 Å². The highest BCUT2D eigenvalue weighted by Gasteiger charge is 2.87. The molecule has 1 atom stereocenters. The van der Waals surface area contributed by atoms with E-state index >= 15 is 0 Å². The van der Waals surface area contributed by atoms with E-state index in [-0.39, 0.29) is 12.2 Å². The Hall–Kier alpha value is -2.12. The molecule has 1 N–H and O–H groups in total. The molecule has 0 aromatic heterocycles. The monoisotopic (exact) mass is 476 g/mol. The number of alkyl halides is 11. The number of ether oxygens (including phenoxy) is 1. The number of esters is 1. The summed E-state index contributed by atoms with van der Waals surface area (Å²) in [5.74, 6) is -29.6. The Morgan fingerprint density at radius 2 is 1.42 bits per heavy atom. The van der Waals surface area contributed by atoms with Crippen LogP contribution in [-0.2, 0) is 10.3 Å². The van der Waals surface area contributed by atoms with Crippen LogP contribution in [0.3, 0.4) is 0 Å². The van der Waals surface area contributed by atoms with Gasteiger partial charge in [-0.15, -0.1) is 0 Å². The summed E-state index contributed by atoms with van der Waals surface area (Å²) in [5, 5.41) is 10.1. The largest absolute Gasteiger partial charge is 0.462 e. The molecule has 0 saturated heterocycles. The second-order valence-corrected chi connectivity index (χ2v) is 6.68. The van der Waals surface area contributed by atoms with Crippen molar-refractivity contribution in [2.75, 3.05) is 6.61 Å². The minimum atomic E-state index is -7.56. The molecule has 0 spiro atoms. The van der Waals surface area contributed by atoms with Gasteiger partial charge in [0.2, 0.25) is 0 Å². The van der Waals surface area contributed by atoms with Gasteiger partial charge in [-0.3, -0.25) is 0 Å². The molecule has 31 heavy (non-hydrogen) atoms. The summed E-state index contributed by atoms with van der Waals surface area (Å²) in [5.41, 5.74) is -4.26. The molecule has 1 rings (SSSR count). The quantitative estimate of drug-likeness (QED) is 0.395. The molecule has 0 saturated carbocycles. The predicted octanol–water partition coefficient (Wildman–Crippen LogP) is 5.56. The fourth-order valence-corrected chi connectivity index (χ4v) is 2.45. The minimum absolute atomic E-state index is 0.133. The van der Waals surface area contributed by atoms with E-state index in [9.17, 15) is 58.2 Å². The summed E-state index contributed by atoms with van der Waals surface area (Å²) in [6.45, 7) is 1.66. The Labute approximate surface area is 167 Å². The zero-order valence-electron chi connectivity index (χ0n) is 15.6. The van der Waals surface area contributed by atoms with E-state index in [0.29, 0.717) is 13.0 Å². The van der Waals surface area contributed by atoms with Crippen molar-refractivity contribution in [1.29, 1.82) is 0 Å². The van der Waals surface area contributed by atoms with Gasteiger partial charge in [-0.25, -0.2) is 4.79 Å². The summed E-state index contributed by atoms with van der Waals surface area (Å²) >= 11 is 0. The first kappa shape index (κ1) is 26.9. The van der Waals surface area contributed by atoms with Gasteiger partial charge in [-0.2, -0.15) is 48.3 Å². The van der Waals surface area contributed by atoms with Gasteiger partial charge in [0.1, 0.15) is 0 Å². The molecule has 14 heteroatoms. The second-order valence-electron chi connectivity index (χ2n) is 6.68. The van der Waals surface area contributed by atoms with Gasteiger partial charge < -0.3 is 9.84 Å². The van der Waals surface area contributed by atoms with Crippen LogP contribution in [0, 0.1) is 0 Å². The van der Waals surface area contributed by atoms with E-state index in [1.807, 2.05) is 0 Å². The van der Waals surface area contributed by atoms with Gasteiger partial charge >= 0.3 is 35.8 Å². The van der Waals surface area contributed by atoms with E-state index in [2.05, 4.69) is 4.74 Å². The third kappa shape index (κ3) is 4.72. The lowest BCUT2D eigenvalue weighted by atomic mass is 9.84. The molecule has 0 aliphatic carbocycles. The SMILES string of the molecule is CCOC(=O)c1cccc(C(C)(O)CC(F)(F)C(F)(F)C(F)(F)C(F)(F)C(F)(F)F)c1. The normalized spacial score (nSPS) is 16.1. The maximum atomic E-state index is 14.0. The van der Waals surface area contributed by atoms with E-state index in [4.69, 9.17) is 0 Å². The standard InChI is InChI=1S/C17H15F11O3/c1-3-31-11(29)9-5-4-6-10(7-9)12(2,30)8-13(18,19)14(20,21)15(22,23)16(24,25)17(26,27)28/h4-7,30H,3,8H2,1-2H3. The highest BCUT2D eigenvalue weighted by Crippen LogP contribution is 2.59. The van der Waals surface area contributed by atoms with Crippen LogP contribution in [0.1, 0.15) is 36.2 Å². The lowest BCUT2D eigenvalue weighted by Gasteiger charge is -2.39. The summed E-state index contributed by atoms with van der Waals surface area (Å²) in [4.78, 5) is 11.6. The van der Waals surface area contributed by atoms with E-state index in [0.717, 1.165) is 18.2 Å². The van der Waals surface area contributed by atoms with Crippen LogP contribution in [0.2, 0.25) is 0 Å². The molecule has 0 heterocycles. The Balaban J connectivity index is 3.36. The molecule has 0 bridgehead atoms. The van der Waals surface area contributed by atoms with Crippen molar-refractivity contribution in [2.45, 2.75) is 55.7 Å². The molecule has 3 nitrogen and oxygen atoms in total. The third-order valence-corrected chi connectivity index (χ3v) is 4.17. The highest BCUT2D eigenvalue weighted by molar-refractivity contribution is 5.89. The van der Waals surface area contributed by atoms with Crippen LogP contribution in [0.15, 0.2) is 24.3 Å². The number of hydrogen-bond acceptors (Lipinski definition) is 3. The van der Waals surface area contributed by atoms with Crippen LogP contribution >= 0.6 is 0 Å². The fourth-order valence-electron chi connectivity index (χ4n) is 2.45. The lowest BCUT2D eigenvalue weighted by Crippen LogP contribution is -2.67. The Morgan fingerprint density at radius 3 is 1.87 bits per heavy atom. The predicted molar refractivity (Wildman–Crippen MR) is 82.4 cm³/mol. The minimum Gasteiger partial charge on any atom is -0.462 e. The van der Waals surface area contributed by atoms with Crippen molar-refractivity contribution in [3.63, 3.8) is 0 Å². The number of hydrogen-bond donors (Lipinski definition) is 1. The van der Waals surface area contributed by atoms with Crippen molar-refractivity contribution >= 4 is 5.97 Å². The van der Waals surface area contributed by atoms with Crippen LogP contribution in [0.4, 0.5) is 48.3 Å². The molecule has 0 fully saturated rings. The molecule has 1 aromatic carbocycles. The molecule has 1 aromatic rings. The molecule has 1 unspecified atom stereocenters. The number of aliphatic hydroxyl groups is 1. The number of halogens is 11. The number of carbonyl (C=O) groups is 1. The first-order chi connectivity index (χ1) is 13.7. The van der Waals surface area contributed by atoms with E-state index in [1.165, 1.54) is 6.92 Å². The molecule has 0 aliphatic heterocycles. The fraction of sp³-hybridized carbons (Fsp3) is 0.588. The van der Waals surface area contributed by atoms with Gasteiger partial charge in [-0.05, 0) is 31.5 Å². The van der Waals surface area contributed by atoms with E-state index < -0.39 is 53.4 Å². The molecular formula is C17H15F11O3. The van der Waals surface area contributed by atoms with Crippen LogP contribution in [0.25, 0.3) is 0 Å². The molecular weight excluding hydrogens is 461 g/mol. The van der Waals surface area contributed by atoms with Crippen molar-refractivity contribution in [3.05, 3.63) is 35.4 Å². The lowest BCUT2D eigenvalue weighted by molar-refractivity contribution is -0.424. The van der Waals surface area contributed by atoms with E-state index in [1.54, 1.807) is 0 Å². The van der Waals surface area contributed by atoms with Crippen molar-refractivity contribution in [1.82, 2.24) is 0 Å². The first-order valence-corrected chi connectivity index (χ1v) is 8.23. The summed E-state index contributed by atoms with van der Waals surface area (Å²) < 4.78 is 149. The molecule has 178 valence electrons. The van der Waals surface area contributed by atoms with Crippen LogP contribution in [0.5, 0.6) is 0 Å². The van der Waals surface area contributed by atoms with Gasteiger partial charge in [0, 0.05) is 0 Å². The first-order valence-electron chi connectivity index (χ1n) is 8.23. The van der Waals surface area contributed by atoms with Gasteiger partial charge in [0.15, 0.2) is 0 Å². The van der Waals surface area contributed by atoms with Gasteiger partial charge in [0.25, 0.3) is 0 Å². The highest BCUT2D eigenvalue weighted by atomic mass is 19.4. The summed E-state index contributed by atoms with van der Waals surface area (Å²) in [6, 6.07) is 3.51. The Kier molecular flexibility index (Phi) is 7.03.